The fourth-order valence-electron chi connectivity index (χ4n) is 1.42. The van der Waals surface area contributed by atoms with E-state index in [0.717, 1.165) is 12.1 Å². The van der Waals surface area contributed by atoms with Crippen LogP contribution in [0.4, 0.5) is 18.9 Å². The van der Waals surface area contributed by atoms with Crippen LogP contribution in [0.5, 0.6) is 0 Å². The van der Waals surface area contributed by atoms with E-state index in [9.17, 15) is 13.2 Å². The van der Waals surface area contributed by atoms with Crippen LogP contribution in [0.25, 0.3) is 0 Å². The first kappa shape index (κ1) is 12.3. The Morgan fingerprint density at radius 1 is 1.06 bits per heavy atom. The Morgan fingerprint density at radius 3 is 2.44 bits per heavy atom. The molecule has 0 fully saturated rings. The predicted octanol–water partition coefficient (Wildman–Crippen LogP) is 3.64. The van der Waals surface area contributed by atoms with Gasteiger partial charge >= 0.3 is 0 Å². The molecule has 0 aliphatic rings. The van der Waals surface area contributed by atoms with E-state index < -0.39 is 23.1 Å². The van der Waals surface area contributed by atoms with Gasteiger partial charge in [-0.05, 0) is 31.2 Å². The minimum absolute atomic E-state index is 0.305. The van der Waals surface area contributed by atoms with Crippen LogP contribution in [-0.4, -0.2) is 10.7 Å². The molecular weight excluding hydrogens is 241 g/mol. The van der Waals surface area contributed by atoms with Crippen molar-refractivity contribution < 1.29 is 13.2 Å². The average molecular weight is 250 g/mol. The Kier molecular flexibility index (Phi) is 3.41. The van der Waals surface area contributed by atoms with Crippen LogP contribution < -0.4 is 0 Å². The van der Waals surface area contributed by atoms with Crippen molar-refractivity contribution in [2.24, 2.45) is 4.99 Å². The van der Waals surface area contributed by atoms with Gasteiger partial charge in [0.05, 0.1) is 11.4 Å². The van der Waals surface area contributed by atoms with Crippen molar-refractivity contribution >= 4 is 11.4 Å². The maximum atomic E-state index is 13.4. The quantitative estimate of drug-likeness (QED) is 0.590. The molecule has 0 spiro atoms. The smallest absolute Gasteiger partial charge is 0.187 e. The average Bonchev–Trinajstić information content (AvgIpc) is 2.40. The Hall–Kier alpha value is -2.17. The first-order chi connectivity index (χ1) is 8.59. The van der Waals surface area contributed by atoms with Gasteiger partial charge in [0.15, 0.2) is 17.5 Å². The molecule has 0 saturated carbocycles. The molecule has 2 rings (SSSR count). The molecule has 0 saturated heterocycles. The van der Waals surface area contributed by atoms with Crippen LogP contribution in [0.1, 0.15) is 12.6 Å². The molecule has 0 bridgehead atoms. The Bertz CT molecular complexity index is 595. The van der Waals surface area contributed by atoms with Crippen molar-refractivity contribution in [3.05, 3.63) is 59.7 Å². The highest BCUT2D eigenvalue weighted by Crippen LogP contribution is 2.24. The summed E-state index contributed by atoms with van der Waals surface area (Å²) in [5.41, 5.74) is 0.137. The molecule has 0 atom stereocenters. The van der Waals surface area contributed by atoms with Crippen LogP contribution in [0.3, 0.4) is 0 Å². The minimum atomic E-state index is -1.30. The number of hydrogen-bond donors (Lipinski definition) is 0. The van der Waals surface area contributed by atoms with E-state index in [2.05, 4.69) is 9.98 Å². The predicted molar refractivity (Wildman–Crippen MR) is 62.4 cm³/mol. The first-order valence-electron chi connectivity index (χ1n) is 5.20. The third-order valence-corrected chi connectivity index (χ3v) is 2.33. The van der Waals surface area contributed by atoms with Gasteiger partial charge in [-0.2, -0.15) is 0 Å². The fraction of sp³-hybridized carbons (Fsp3) is 0.0769. The lowest BCUT2D eigenvalue weighted by atomic mass is 10.2. The van der Waals surface area contributed by atoms with Crippen molar-refractivity contribution in [3.63, 3.8) is 0 Å². The fourth-order valence-corrected chi connectivity index (χ4v) is 1.42. The van der Waals surface area contributed by atoms with Crippen LogP contribution in [0.2, 0.25) is 0 Å². The molecule has 0 N–H and O–H groups in total. The lowest BCUT2D eigenvalue weighted by Crippen LogP contribution is -1.98. The van der Waals surface area contributed by atoms with Crippen LogP contribution >= 0.6 is 0 Å². The molecule has 1 aromatic heterocycles. The van der Waals surface area contributed by atoms with Gasteiger partial charge in [0, 0.05) is 6.20 Å². The normalized spacial score (nSPS) is 11.7. The zero-order valence-corrected chi connectivity index (χ0v) is 9.49. The number of halogens is 3. The SMILES string of the molecule is CC(=Nc1c(F)ccc(F)c1F)c1ccccn1. The third kappa shape index (κ3) is 2.40. The van der Waals surface area contributed by atoms with Crippen LogP contribution in [0.15, 0.2) is 41.5 Å². The molecule has 5 heteroatoms. The molecule has 2 nitrogen and oxygen atoms in total. The third-order valence-electron chi connectivity index (χ3n) is 2.33. The first-order valence-corrected chi connectivity index (χ1v) is 5.20. The van der Waals surface area contributed by atoms with Gasteiger partial charge in [-0.15, -0.1) is 0 Å². The van der Waals surface area contributed by atoms with Crippen LogP contribution in [-0.2, 0) is 0 Å². The summed E-state index contributed by atoms with van der Waals surface area (Å²) in [5, 5.41) is 0. The Labute approximate surface area is 102 Å². The minimum Gasteiger partial charge on any atom is -0.255 e. The van der Waals surface area contributed by atoms with Gasteiger partial charge in [-0.25, -0.2) is 18.2 Å². The Morgan fingerprint density at radius 2 is 1.78 bits per heavy atom. The summed E-state index contributed by atoms with van der Waals surface area (Å²) >= 11 is 0. The molecule has 0 aliphatic carbocycles. The van der Waals surface area contributed by atoms with E-state index in [-0.39, 0.29) is 0 Å². The molecule has 1 heterocycles. The summed E-state index contributed by atoms with van der Waals surface area (Å²) in [6.07, 6.45) is 1.53. The van der Waals surface area contributed by atoms with Gasteiger partial charge in [-0.3, -0.25) is 4.98 Å². The summed E-state index contributed by atoms with van der Waals surface area (Å²) in [6.45, 7) is 1.55. The number of pyridine rings is 1. The van der Waals surface area contributed by atoms with Gasteiger partial charge in [0.2, 0.25) is 0 Å². The molecule has 1 aromatic carbocycles. The number of benzene rings is 1. The highest BCUT2D eigenvalue weighted by atomic mass is 19.2. The molecule has 92 valence electrons. The van der Waals surface area contributed by atoms with E-state index >= 15 is 0 Å². The maximum absolute atomic E-state index is 13.4. The number of rotatable bonds is 2. The molecule has 0 aliphatic heterocycles. The van der Waals surface area contributed by atoms with Crippen LogP contribution in [0, 0.1) is 17.5 Å². The second-order valence-corrected chi connectivity index (χ2v) is 3.60. The second kappa shape index (κ2) is 5.00. The molecular formula is C13H9F3N2. The molecule has 0 unspecified atom stereocenters. The molecule has 2 aromatic rings. The van der Waals surface area contributed by atoms with E-state index in [1.165, 1.54) is 6.20 Å². The number of nitrogens with zero attached hydrogens (tertiary/aromatic N) is 2. The Balaban J connectivity index is 2.49. The van der Waals surface area contributed by atoms with Gasteiger partial charge in [-0.1, -0.05) is 6.07 Å². The van der Waals surface area contributed by atoms with E-state index in [4.69, 9.17) is 0 Å². The largest absolute Gasteiger partial charge is 0.255 e. The van der Waals surface area contributed by atoms with E-state index in [1.54, 1.807) is 25.1 Å². The topological polar surface area (TPSA) is 25.2 Å². The molecule has 18 heavy (non-hydrogen) atoms. The van der Waals surface area contributed by atoms with Crippen molar-refractivity contribution in [1.29, 1.82) is 0 Å². The summed E-state index contributed by atoms with van der Waals surface area (Å²) < 4.78 is 39.8. The lowest BCUT2D eigenvalue weighted by Gasteiger charge is -2.03. The number of hydrogen-bond acceptors (Lipinski definition) is 2. The monoisotopic (exact) mass is 250 g/mol. The number of aliphatic imine (C=N–C) groups is 1. The van der Waals surface area contributed by atoms with Gasteiger partial charge < -0.3 is 0 Å². The lowest BCUT2D eigenvalue weighted by molar-refractivity contribution is 0.498. The van der Waals surface area contributed by atoms with Gasteiger partial charge in [0.25, 0.3) is 0 Å². The standard InChI is InChI=1S/C13H9F3N2/c1-8(11-4-2-3-7-17-11)18-13-10(15)6-5-9(14)12(13)16/h2-7H,1H3. The van der Waals surface area contributed by atoms with Crippen molar-refractivity contribution in [3.8, 4) is 0 Å². The summed E-state index contributed by atoms with van der Waals surface area (Å²) in [5.74, 6) is -3.35. The van der Waals surface area contributed by atoms with Crippen molar-refractivity contribution in [2.45, 2.75) is 6.92 Å². The summed E-state index contributed by atoms with van der Waals surface area (Å²) in [6, 6.07) is 6.64. The molecule has 0 radical (unpaired) electrons. The van der Waals surface area contributed by atoms with E-state index in [1.807, 2.05) is 0 Å². The zero-order valence-electron chi connectivity index (χ0n) is 9.49. The van der Waals surface area contributed by atoms with Crippen molar-refractivity contribution in [2.75, 3.05) is 0 Å². The van der Waals surface area contributed by atoms with Crippen molar-refractivity contribution in [1.82, 2.24) is 4.98 Å². The van der Waals surface area contributed by atoms with E-state index in [0.29, 0.717) is 11.4 Å². The summed E-state index contributed by atoms with van der Waals surface area (Å²) in [7, 11) is 0. The highest BCUT2D eigenvalue weighted by molar-refractivity contribution is 5.98. The van der Waals surface area contributed by atoms with Gasteiger partial charge in [0.1, 0.15) is 5.69 Å². The summed E-state index contributed by atoms with van der Waals surface area (Å²) in [4.78, 5) is 7.74. The number of aromatic nitrogens is 1. The highest BCUT2D eigenvalue weighted by Gasteiger charge is 2.13. The molecule has 0 amide bonds. The zero-order chi connectivity index (χ0) is 13.1. The second-order valence-electron chi connectivity index (χ2n) is 3.60. The maximum Gasteiger partial charge on any atom is 0.187 e.